The molecule has 0 amide bonds. The fourth-order valence-corrected chi connectivity index (χ4v) is 3.07. The molecule has 0 atom stereocenters. The van der Waals surface area contributed by atoms with E-state index >= 15 is 0 Å². The van der Waals surface area contributed by atoms with E-state index < -0.39 is 0 Å². The van der Waals surface area contributed by atoms with E-state index in [0.29, 0.717) is 11.3 Å². The quantitative estimate of drug-likeness (QED) is 0.754. The lowest BCUT2D eigenvalue weighted by molar-refractivity contribution is 0.875. The third-order valence-corrected chi connectivity index (χ3v) is 4.61. The van der Waals surface area contributed by atoms with Crippen LogP contribution in [0.25, 0.3) is 5.78 Å². The monoisotopic (exact) mass is 320 g/mol. The van der Waals surface area contributed by atoms with Crippen molar-refractivity contribution >= 4 is 29.1 Å². The average molecular weight is 321 g/mol. The number of H-pyrrole nitrogens is 1. The van der Waals surface area contributed by atoms with Gasteiger partial charge >= 0.3 is 0 Å². The number of aromatic amines is 1. The van der Waals surface area contributed by atoms with Crippen LogP contribution in [-0.4, -0.2) is 19.6 Å². The Balaban J connectivity index is 1.93. The van der Waals surface area contributed by atoms with E-state index in [-0.39, 0.29) is 5.56 Å². The average Bonchev–Trinajstić information content (AvgIpc) is 2.87. The molecule has 0 saturated heterocycles. The van der Waals surface area contributed by atoms with E-state index in [2.05, 4.69) is 15.2 Å². The zero-order chi connectivity index (χ0) is 15.0. The Hall–Kier alpha value is -1.79. The van der Waals surface area contributed by atoms with Crippen molar-refractivity contribution in [3.8, 4) is 0 Å². The molecule has 21 heavy (non-hydrogen) atoms. The number of halogens is 1. The normalized spacial score (nSPS) is 11.2. The van der Waals surface area contributed by atoms with Gasteiger partial charge in [-0.1, -0.05) is 35.5 Å². The molecule has 1 N–H and O–H groups in total. The van der Waals surface area contributed by atoms with Crippen LogP contribution < -0.4 is 5.56 Å². The molecule has 0 aliphatic rings. The van der Waals surface area contributed by atoms with Crippen LogP contribution in [0.15, 0.2) is 34.2 Å². The molecule has 3 rings (SSSR count). The summed E-state index contributed by atoms with van der Waals surface area (Å²) in [6, 6.07) is 7.70. The van der Waals surface area contributed by atoms with Crippen molar-refractivity contribution in [2.45, 2.75) is 24.8 Å². The van der Waals surface area contributed by atoms with Gasteiger partial charge < -0.3 is 0 Å². The number of aryl methyl sites for hydroxylation is 1. The highest BCUT2D eigenvalue weighted by molar-refractivity contribution is 7.98. The Labute approximate surface area is 130 Å². The van der Waals surface area contributed by atoms with Crippen LogP contribution in [0.4, 0.5) is 0 Å². The highest BCUT2D eigenvalue weighted by Gasteiger charge is 2.12. The maximum atomic E-state index is 11.7. The van der Waals surface area contributed by atoms with Crippen LogP contribution >= 0.6 is 23.4 Å². The lowest BCUT2D eigenvalue weighted by atomic mass is 10.2. The number of fused-ring (bicyclic) bond motifs is 1. The Morgan fingerprint density at radius 2 is 1.95 bits per heavy atom. The summed E-state index contributed by atoms with van der Waals surface area (Å²) in [5.74, 6) is 1.23. The molecule has 1 aromatic carbocycles. The fraction of sp³-hybridized carbons (Fsp3) is 0.214. The number of nitrogens with one attached hydrogen (secondary N) is 1. The van der Waals surface area contributed by atoms with Crippen molar-refractivity contribution in [1.29, 1.82) is 0 Å². The van der Waals surface area contributed by atoms with Crippen LogP contribution in [0.2, 0.25) is 5.02 Å². The zero-order valence-electron chi connectivity index (χ0n) is 11.6. The molecule has 0 spiro atoms. The van der Waals surface area contributed by atoms with Crippen molar-refractivity contribution < 1.29 is 0 Å². The van der Waals surface area contributed by atoms with E-state index in [1.54, 1.807) is 18.7 Å². The second-order valence-electron chi connectivity index (χ2n) is 4.72. The first-order valence-electron chi connectivity index (χ1n) is 6.38. The molecule has 2 aromatic heterocycles. The maximum Gasteiger partial charge on any atom is 0.255 e. The highest BCUT2D eigenvalue weighted by Crippen LogP contribution is 2.23. The predicted molar refractivity (Wildman–Crippen MR) is 84.1 cm³/mol. The van der Waals surface area contributed by atoms with Gasteiger partial charge in [-0.2, -0.15) is 0 Å². The Bertz CT molecular complexity index is 854. The summed E-state index contributed by atoms with van der Waals surface area (Å²) in [5.41, 5.74) is 2.56. The first kappa shape index (κ1) is 14.2. The predicted octanol–water partition coefficient (Wildman–Crippen LogP) is 2.98. The van der Waals surface area contributed by atoms with Gasteiger partial charge in [0.25, 0.3) is 5.56 Å². The van der Waals surface area contributed by atoms with Gasteiger partial charge in [0.05, 0.1) is 0 Å². The molecular formula is C14H13ClN4OS. The lowest BCUT2D eigenvalue weighted by Gasteiger charge is -2.05. The van der Waals surface area contributed by atoms with E-state index in [9.17, 15) is 4.79 Å². The van der Waals surface area contributed by atoms with Crippen LogP contribution in [0, 0.1) is 13.8 Å². The van der Waals surface area contributed by atoms with Gasteiger partial charge in [0.15, 0.2) is 5.16 Å². The SMILES string of the molecule is Cc1c(C)n2c(SCc3ccc(Cl)cc3)nnc2[nH]c1=O. The van der Waals surface area contributed by atoms with Crippen LogP contribution in [0.3, 0.4) is 0 Å². The molecule has 0 bridgehead atoms. The Kier molecular flexibility index (Phi) is 3.73. The summed E-state index contributed by atoms with van der Waals surface area (Å²) in [6.45, 7) is 3.69. The largest absolute Gasteiger partial charge is 0.290 e. The molecule has 0 aliphatic heterocycles. The van der Waals surface area contributed by atoms with Crippen molar-refractivity contribution in [3.63, 3.8) is 0 Å². The number of hydrogen-bond acceptors (Lipinski definition) is 4. The molecule has 3 aromatic rings. The molecular weight excluding hydrogens is 308 g/mol. The molecule has 0 fully saturated rings. The molecule has 0 unspecified atom stereocenters. The van der Waals surface area contributed by atoms with Crippen molar-refractivity contribution in [2.75, 3.05) is 0 Å². The summed E-state index contributed by atoms with van der Waals surface area (Å²) in [6.07, 6.45) is 0. The third-order valence-electron chi connectivity index (χ3n) is 3.36. The summed E-state index contributed by atoms with van der Waals surface area (Å²) < 4.78 is 1.87. The lowest BCUT2D eigenvalue weighted by Crippen LogP contribution is -2.15. The first-order valence-corrected chi connectivity index (χ1v) is 7.74. The van der Waals surface area contributed by atoms with Crippen molar-refractivity contribution in [2.24, 2.45) is 0 Å². The smallest absolute Gasteiger partial charge is 0.255 e. The molecule has 2 heterocycles. The van der Waals surface area contributed by atoms with E-state index in [0.717, 1.165) is 27.2 Å². The van der Waals surface area contributed by atoms with E-state index in [1.807, 2.05) is 35.6 Å². The number of nitrogens with zero attached hydrogens (tertiary/aromatic N) is 3. The summed E-state index contributed by atoms with van der Waals surface area (Å²) in [7, 11) is 0. The number of thioether (sulfide) groups is 1. The Morgan fingerprint density at radius 3 is 2.67 bits per heavy atom. The molecule has 7 heteroatoms. The minimum Gasteiger partial charge on any atom is -0.290 e. The number of rotatable bonds is 3. The van der Waals surface area contributed by atoms with Gasteiger partial charge in [-0.15, -0.1) is 10.2 Å². The topological polar surface area (TPSA) is 63.1 Å². The van der Waals surface area contributed by atoms with Crippen LogP contribution in [0.5, 0.6) is 0 Å². The van der Waals surface area contributed by atoms with Gasteiger partial charge in [0.2, 0.25) is 5.78 Å². The molecule has 0 aliphatic carbocycles. The second-order valence-corrected chi connectivity index (χ2v) is 6.10. The fourth-order valence-electron chi connectivity index (χ4n) is 2.00. The summed E-state index contributed by atoms with van der Waals surface area (Å²) in [4.78, 5) is 14.4. The maximum absolute atomic E-state index is 11.7. The zero-order valence-corrected chi connectivity index (χ0v) is 13.1. The number of hydrogen-bond donors (Lipinski definition) is 1. The highest BCUT2D eigenvalue weighted by atomic mass is 35.5. The summed E-state index contributed by atoms with van der Waals surface area (Å²) >= 11 is 7.44. The minimum atomic E-state index is -0.123. The molecule has 0 saturated carbocycles. The molecule has 0 radical (unpaired) electrons. The van der Waals surface area contributed by atoms with E-state index in [4.69, 9.17) is 11.6 Å². The van der Waals surface area contributed by atoms with Gasteiger partial charge in [0, 0.05) is 22.0 Å². The first-order chi connectivity index (χ1) is 10.1. The number of benzene rings is 1. The minimum absolute atomic E-state index is 0.123. The standard InChI is InChI=1S/C14H13ClN4OS/c1-8-9(2)19-13(16-12(8)20)17-18-14(19)21-7-10-3-5-11(15)6-4-10/h3-6H,7H2,1-2H3,(H,16,17,20). The van der Waals surface area contributed by atoms with Gasteiger partial charge in [-0.3, -0.25) is 14.2 Å². The van der Waals surface area contributed by atoms with Crippen LogP contribution in [-0.2, 0) is 5.75 Å². The van der Waals surface area contributed by atoms with Gasteiger partial charge in [-0.25, -0.2) is 0 Å². The second kappa shape index (κ2) is 5.54. The van der Waals surface area contributed by atoms with Crippen LogP contribution in [0.1, 0.15) is 16.8 Å². The van der Waals surface area contributed by atoms with Gasteiger partial charge in [-0.05, 0) is 31.5 Å². The Morgan fingerprint density at radius 1 is 1.24 bits per heavy atom. The van der Waals surface area contributed by atoms with Gasteiger partial charge in [0.1, 0.15) is 0 Å². The van der Waals surface area contributed by atoms with Crippen molar-refractivity contribution in [3.05, 3.63) is 56.5 Å². The third kappa shape index (κ3) is 2.69. The summed E-state index contributed by atoms with van der Waals surface area (Å²) in [5, 5.41) is 9.66. The van der Waals surface area contributed by atoms with E-state index in [1.165, 1.54) is 0 Å². The molecule has 5 nitrogen and oxygen atoms in total. The number of aromatic nitrogens is 4. The molecule has 108 valence electrons. The van der Waals surface area contributed by atoms with Crippen molar-refractivity contribution in [1.82, 2.24) is 19.6 Å².